The summed E-state index contributed by atoms with van der Waals surface area (Å²) in [4.78, 5) is 25.5. The topological polar surface area (TPSA) is 63.5 Å². The molecule has 1 amide bonds. The van der Waals surface area contributed by atoms with Gasteiger partial charge in [0.1, 0.15) is 0 Å². The van der Waals surface area contributed by atoms with Gasteiger partial charge in [0, 0.05) is 25.6 Å². The van der Waals surface area contributed by atoms with Crippen molar-refractivity contribution in [2.75, 3.05) is 7.05 Å². The van der Waals surface area contributed by atoms with Crippen molar-refractivity contribution in [3.05, 3.63) is 39.9 Å². The van der Waals surface area contributed by atoms with Gasteiger partial charge in [-0.05, 0) is 74.2 Å². The van der Waals surface area contributed by atoms with E-state index in [1.165, 1.54) is 44.6 Å². The van der Waals surface area contributed by atoms with Gasteiger partial charge in [0.2, 0.25) is 5.91 Å². The average Bonchev–Trinajstić information content (AvgIpc) is 2.59. The van der Waals surface area contributed by atoms with E-state index in [1.54, 1.807) is 17.0 Å². The molecule has 1 aromatic carbocycles. The molecule has 4 aliphatic carbocycles. The molecule has 5 heteroatoms. The Morgan fingerprint density at radius 2 is 1.81 bits per heavy atom. The van der Waals surface area contributed by atoms with E-state index in [-0.39, 0.29) is 28.0 Å². The van der Waals surface area contributed by atoms with Crippen molar-refractivity contribution in [2.45, 2.75) is 57.9 Å². The minimum absolute atomic E-state index is 0.0799. The molecule has 26 heavy (non-hydrogen) atoms. The molecule has 4 bridgehead atoms. The minimum Gasteiger partial charge on any atom is -0.339 e. The van der Waals surface area contributed by atoms with Crippen molar-refractivity contribution in [3.63, 3.8) is 0 Å². The average molecular weight is 356 g/mol. The molecule has 4 saturated carbocycles. The normalized spacial score (nSPS) is 33.1. The lowest BCUT2D eigenvalue weighted by Gasteiger charge is -2.57. The second kappa shape index (κ2) is 6.36. The summed E-state index contributed by atoms with van der Waals surface area (Å²) in [6.45, 7) is 1.96. The van der Waals surface area contributed by atoms with Gasteiger partial charge in [-0.25, -0.2) is 0 Å². The van der Waals surface area contributed by atoms with Gasteiger partial charge in [0.25, 0.3) is 5.69 Å². The summed E-state index contributed by atoms with van der Waals surface area (Å²) in [5, 5.41) is 11.0. The SMILES string of the molecule is CC(c1cccc([N+](=O)[O-])c1)N(C)C(=O)CC12CC3CC(CC(C3)C1)C2. The Hall–Kier alpha value is -1.91. The van der Waals surface area contributed by atoms with Gasteiger partial charge in [-0.15, -0.1) is 0 Å². The van der Waals surface area contributed by atoms with Crippen molar-refractivity contribution in [2.24, 2.45) is 23.2 Å². The standard InChI is InChI=1S/C21H28N2O3/c1-14(18-4-3-5-19(9-18)23(25)26)22(2)20(24)13-21-10-15-6-16(11-21)8-17(7-15)12-21/h3-5,9,14-17H,6-8,10-13H2,1-2H3. The predicted molar refractivity (Wildman–Crippen MR) is 99.5 cm³/mol. The van der Waals surface area contributed by atoms with Gasteiger partial charge < -0.3 is 4.90 Å². The van der Waals surface area contributed by atoms with E-state index in [4.69, 9.17) is 0 Å². The Morgan fingerprint density at radius 3 is 2.35 bits per heavy atom. The summed E-state index contributed by atoms with van der Waals surface area (Å²) in [6.07, 6.45) is 8.47. The second-order valence-corrected chi connectivity index (χ2v) is 9.13. The highest BCUT2D eigenvalue weighted by atomic mass is 16.6. The molecular weight excluding hydrogens is 328 g/mol. The highest BCUT2D eigenvalue weighted by Gasteiger charge is 2.51. The van der Waals surface area contributed by atoms with Crippen molar-refractivity contribution >= 4 is 11.6 Å². The Kier molecular flexibility index (Phi) is 4.28. The first-order valence-corrected chi connectivity index (χ1v) is 9.85. The maximum absolute atomic E-state index is 13.1. The number of carbonyl (C=O) groups is 1. The lowest BCUT2D eigenvalue weighted by Crippen LogP contribution is -2.48. The van der Waals surface area contributed by atoms with Crippen LogP contribution < -0.4 is 0 Å². The Bertz CT molecular complexity index is 694. The van der Waals surface area contributed by atoms with E-state index < -0.39 is 0 Å². The third kappa shape index (κ3) is 3.12. The third-order valence-electron chi connectivity index (χ3n) is 7.23. The number of nitro groups is 1. The molecule has 5 rings (SSSR count). The number of nitrogens with zero attached hydrogens (tertiary/aromatic N) is 2. The fourth-order valence-corrected chi connectivity index (χ4v) is 6.29. The van der Waals surface area contributed by atoms with Crippen LogP contribution in [-0.2, 0) is 4.79 Å². The monoisotopic (exact) mass is 356 g/mol. The van der Waals surface area contributed by atoms with Crippen LogP contribution in [0.3, 0.4) is 0 Å². The highest BCUT2D eigenvalue weighted by Crippen LogP contribution is 2.61. The van der Waals surface area contributed by atoms with Crippen LogP contribution >= 0.6 is 0 Å². The summed E-state index contributed by atoms with van der Waals surface area (Å²) in [5.41, 5.74) is 1.12. The number of amides is 1. The maximum atomic E-state index is 13.1. The molecule has 0 aliphatic heterocycles. The molecule has 4 aliphatic rings. The van der Waals surface area contributed by atoms with Crippen LogP contribution in [0.25, 0.3) is 0 Å². The number of non-ortho nitro benzene ring substituents is 1. The molecule has 0 spiro atoms. The van der Waals surface area contributed by atoms with Crippen molar-refractivity contribution in [3.8, 4) is 0 Å². The number of hydrogen-bond acceptors (Lipinski definition) is 3. The molecule has 5 nitrogen and oxygen atoms in total. The number of hydrogen-bond donors (Lipinski definition) is 0. The van der Waals surface area contributed by atoms with Crippen molar-refractivity contribution in [1.29, 1.82) is 0 Å². The summed E-state index contributed by atoms with van der Waals surface area (Å²) in [6, 6.07) is 6.48. The number of benzene rings is 1. The van der Waals surface area contributed by atoms with E-state index in [0.29, 0.717) is 6.42 Å². The van der Waals surface area contributed by atoms with Crippen LogP contribution in [0, 0.1) is 33.3 Å². The van der Waals surface area contributed by atoms with Crippen LogP contribution in [0.15, 0.2) is 24.3 Å². The lowest BCUT2D eigenvalue weighted by molar-refractivity contribution is -0.384. The minimum atomic E-state index is -0.381. The van der Waals surface area contributed by atoms with Crippen LogP contribution in [0.4, 0.5) is 5.69 Å². The van der Waals surface area contributed by atoms with Crippen LogP contribution in [-0.4, -0.2) is 22.8 Å². The Balaban J connectivity index is 1.46. The highest BCUT2D eigenvalue weighted by molar-refractivity contribution is 5.77. The second-order valence-electron chi connectivity index (χ2n) is 9.13. The van der Waals surface area contributed by atoms with E-state index in [0.717, 1.165) is 23.3 Å². The van der Waals surface area contributed by atoms with Crippen molar-refractivity contribution < 1.29 is 9.72 Å². The number of carbonyl (C=O) groups excluding carboxylic acids is 1. The van der Waals surface area contributed by atoms with Crippen LogP contribution in [0.1, 0.15) is 63.5 Å². The van der Waals surface area contributed by atoms with E-state index >= 15 is 0 Å². The largest absolute Gasteiger partial charge is 0.339 e. The van der Waals surface area contributed by atoms with Gasteiger partial charge in [-0.2, -0.15) is 0 Å². The Labute approximate surface area is 154 Å². The summed E-state index contributed by atoms with van der Waals surface area (Å²) < 4.78 is 0. The summed E-state index contributed by atoms with van der Waals surface area (Å²) >= 11 is 0. The molecular formula is C21H28N2O3. The van der Waals surface area contributed by atoms with Crippen molar-refractivity contribution in [1.82, 2.24) is 4.90 Å². The fourth-order valence-electron chi connectivity index (χ4n) is 6.29. The van der Waals surface area contributed by atoms with E-state index in [9.17, 15) is 14.9 Å². The Morgan fingerprint density at radius 1 is 1.23 bits per heavy atom. The smallest absolute Gasteiger partial charge is 0.269 e. The predicted octanol–water partition coefficient (Wildman–Crippen LogP) is 4.72. The molecule has 0 aromatic heterocycles. The zero-order valence-corrected chi connectivity index (χ0v) is 15.7. The molecule has 0 saturated heterocycles. The number of rotatable bonds is 5. The first kappa shape index (κ1) is 17.5. The molecule has 1 aromatic rings. The third-order valence-corrected chi connectivity index (χ3v) is 7.23. The van der Waals surface area contributed by atoms with Gasteiger partial charge in [-0.3, -0.25) is 14.9 Å². The molecule has 0 N–H and O–H groups in total. The maximum Gasteiger partial charge on any atom is 0.269 e. The van der Waals surface area contributed by atoms with Gasteiger partial charge in [-0.1, -0.05) is 12.1 Å². The quantitative estimate of drug-likeness (QED) is 0.566. The van der Waals surface area contributed by atoms with Crippen LogP contribution in [0.5, 0.6) is 0 Å². The number of nitro benzene ring substituents is 1. The summed E-state index contributed by atoms with van der Waals surface area (Å²) in [7, 11) is 1.84. The summed E-state index contributed by atoms with van der Waals surface area (Å²) in [5.74, 6) is 2.71. The molecule has 1 atom stereocenters. The zero-order chi connectivity index (χ0) is 18.5. The zero-order valence-electron chi connectivity index (χ0n) is 15.7. The van der Waals surface area contributed by atoms with Crippen LogP contribution in [0.2, 0.25) is 0 Å². The fraction of sp³-hybridized carbons (Fsp3) is 0.667. The molecule has 1 unspecified atom stereocenters. The van der Waals surface area contributed by atoms with E-state index in [2.05, 4.69) is 0 Å². The van der Waals surface area contributed by atoms with Gasteiger partial charge in [0.05, 0.1) is 11.0 Å². The van der Waals surface area contributed by atoms with E-state index in [1.807, 2.05) is 20.0 Å². The van der Waals surface area contributed by atoms with Gasteiger partial charge >= 0.3 is 0 Å². The first-order valence-electron chi connectivity index (χ1n) is 9.85. The lowest BCUT2D eigenvalue weighted by atomic mass is 9.49. The van der Waals surface area contributed by atoms with Gasteiger partial charge in [0.15, 0.2) is 0 Å². The molecule has 0 heterocycles. The molecule has 4 fully saturated rings. The molecule has 0 radical (unpaired) electrons. The first-order chi connectivity index (χ1) is 12.3. The molecule has 140 valence electrons.